The lowest BCUT2D eigenvalue weighted by Gasteiger charge is -2.24. The van der Waals surface area contributed by atoms with Gasteiger partial charge in [0, 0.05) is 30.1 Å². The number of nitrogens with zero attached hydrogens (tertiary/aromatic N) is 1. The lowest BCUT2D eigenvalue weighted by atomic mass is 9.96. The number of rotatable bonds is 1. The van der Waals surface area contributed by atoms with E-state index in [0.29, 0.717) is 18.2 Å². The highest BCUT2D eigenvalue weighted by Crippen LogP contribution is 2.35. The molecule has 0 radical (unpaired) electrons. The van der Waals surface area contributed by atoms with Crippen molar-refractivity contribution >= 4 is 10.9 Å². The number of hydrogen-bond acceptors (Lipinski definition) is 2. The molecule has 1 aliphatic rings. The molecule has 0 spiro atoms. The average molecular weight is 216 g/mol. The molecule has 3 N–H and O–H groups in total. The summed E-state index contributed by atoms with van der Waals surface area (Å²) in [7, 11) is 0. The van der Waals surface area contributed by atoms with Crippen molar-refractivity contribution in [3.63, 3.8) is 0 Å². The summed E-state index contributed by atoms with van der Waals surface area (Å²) >= 11 is 0. The number of benzene rings is 1. The Morgan fingerprint density at radius 1 is 1.44 bits per heavy atom. The molecule has 1 aliphatic heterocycles. The molecule has 3 heteroatoms. The van der Waals surface area contributed by atoms with Crippen LogP contribution in [0.3, 0.4) is 0 Å². The van der Waals surface area contributed by atoms with Crippen molar-refractivity contribution in [1.82, 2.24) is 4.57 Å². The van der Waals surface area contributed by atoms with E-state index in [9.17, 15) is 5.11 Å². The summed E-state index contributed by atoms with van der Waals surface area (Å²) in [5, 5.41) is 11.0. The monoisotopic (exact) mass is 216 g/mol. The van der Waals surface area contributed by atoms with Crippen LogP contribution in [0.2, 0.25) is 0 Å². The maximum atomic E-state index is 9.92. The molecule has 3 nitrogen and oxygen atoms in total. The first kappa shape index (κ1) is 9.73. The molecule has 3 rings (SSSR count). The Morgan fingerprint density at radius 3 is 3.12 bits per heavy atom. The molecule has 1 atom stereocenters. The lowest BCUT2D eigenvalue weighted by molar-refractivity contribution is 0.452. The highest BCUT2D eigenvalue weighted by Gasteiger charge is 2.22. The van der Waals surface area contributed by atoms with Crippen LogP contribution in [0.4, 0.5) is 0 Å². The van der Waals surface area contributed by atoms with Gasteiger partial charge in [-0.25, -0.2) is 0 Å². The van der Waals surface area contributed by atoms with Crippen LogP contribution in [0.1, 0.15) is 24.5 Å². The van der Waals surface area contributed by atoms with Gasteiger partial charge < -0.3 is 15.4 Å². The van der Waals surface area contributed by atoms with Crippen LogP contribution in [-0.2, 0) is 6.54 Å². The van der Waals surface area contributed by atoms with Gasteiger partial charge in [-0.3, -0.25) is 0 Å². The first-order valence-electron chi connectivity index (χ1n) is 5.82. The summed E-state index contributed by atoms with van der Waals surface area (Å²) in [4.78, 5) is 0. The predicted molar refractivity (Wildman–Crippen MR) is 64.6 cm³/mol. The Labute approximate surface area is 94.5 Å². The Balaban J connectivity index is 2.29. The quantitative estimate of drug-likeness (QED) is 0.767. The van der Waals surface area contributed by atoms with Crippen LogP contribution in [0, 0.1) is 0 Å². The van der Waals surface area contributed by atoms with Crippen LogP contribution >= 0.6 is 0 Å². The van der Waals surface area contributed by atoms with Crippen molar-refractivity contribution in [2.45, 2.75) is 25.3 Å². The van der Waals surface area contributed by atoms with Crippen LogP contribution in [0.5, 0.6) is 5.75 Å². The number of hydrogen-bond donors (Lipinski definition) is 2. The highest BCUT2D eigenvalue weighted by molar-refractivity contribution is 5.87. The Hall–Kier alpha value is -1.48. The van der Waals surface area contributed by atoms with E-state index in [1.165, 1.54) is 5.69 Å². The third-order valence-electron chi connectivity index (χ3n) is 3.57. The van der Waals surface area contributed by atoms with Gasteiger partial charge in [0.05, 0.1) is 5.52 Å². The summed E-state index contributed by atoms with van der Waals surface area (Å²) < 4.78 is 2.23. The molecule has 0 saturated heterocycles. The largest absolute Gasteiger partial charge is 0.506 e. The number of aryl methyl sites for hydroxylation is 1. The number of aromatic hydroxyl groups is 1. The van der Waals surface area contributed by atoms with Crippen molar-refractivity contribution in [2.24, 2.45) is 5.73 Å². The molecular weight excluding hydrogens is 200 g/mol. The van der Waals surface area contributed by atoms with E-state index in [1.807, 2.05) is 12.1 Å². The fourth-order valence-electron chi connectivity index (χ4n) is 2.79. The van der Waals surface area contributed by atoms with E-state index >= 15 is 0 Å². The van der Waals surface area contributed by atoms with Crippen molar-refractivity contribution in [1.29, 1.82) is 0 Å². The van der Waals surface area contributed by atoms with Gasteiger partial charge >= 0.3 is 0 Å². The minimum atomic E-state index is 0.376. The molecule has 1 aromatic heterocycles. The molecule has 84 valence electrons. The lowest BCUT2D eigenvalue weighted by Crippen LogP contribution is -2.21. The predicted octanol–water partition coefficient (Wildman–Crippen LogP) is 2.18. The summed E-state index contributed by atoms with van der Waals surface area (Å²) in [6.45, 7) is 1.68. The van der Waals surface area contributed by atoms with E-state index < -0.39 is 0 Å². The second-order valence-corrected chi connectivity index (χ2v) is 4.51. The topological polar surface area (TPSA) is 51.2 Å². The molecule has 0 saturated carbocycles. The zero-order valence-electron chi connectivity index (χ0n) is 9.19. The van der Waals surface area contributed by atoms with Gasteiger partial charge in [0.1, 0.15) is 5.75 Å². The van der Waals surface area contributed by atoms with Crippen molar-refractivity contribution in [3.8, 4) is 5.75 Å². The Kier molecular flexibility index (Phi) is 2.14. The highest BCUT2D eigenvalue weighted by atomic mass is 16.3. The average Bonchev–Trinajstić information content (AvgIpc) is 2.68. The Bertz CT molecular complexity index is 530. The zero-order chi connectivity index (χ0) is 11.1. The molecule has 0 bridgehead atoms. The maximum absolute atomic E-state index is 9.92. The number of nitrogens with two attached hydrogens (primary N) is 1. The number of fused-ring (bicyclic) bond motifs is 3. The standard InChI is InChI=1S/C13H16N2O/c14-8-10-4-2-6-15-11(10)7-9-3-1-5-12(16)13(9)15/h1,3,5,7,10,16H,2,4,6,8,14H2. The Morgan fingerprint density at radius 2 is 2.31 bits per heavy atom. The van der Waals surface area contributed by atoms with Crippen LogP contribution in [0.25, 0.3) is 10.9 Å². The third-order valence-corrected chi connectivity index (χ3v) is 3.57. The van der Waals surface area contributed by atoms with Crippen LogP contribution in [0.15, 0.2) is 24.3 Å². The minimum Gasteiger partial charge on any atom is -0.506 e. The summed E-state index contributed by atoms with van der Waals surface area (Å²) in [6, 6.07) is 7.86. The second-order valence-electron chi connectivity index (χ2n) is 4.51. The van der Waals surface area contributed by atoms with E-state index in [4.69, 9.17) is 5.73 Å². The SMILES string of the molecule is NCC1CCCn2c1cc1cccc(O)c12. The van der Waals surface area contributed by atoms with Crippen molar-refractivity contribution in [2.75, 3.05) is 6.54 Å². The smallest absolute Gasteiger partial charge is 0.139 e. The van der Waals surface area contributed by atoms with E-state index in [0.717, 1.165) is 30.3 Å². The fourth-order valence-corrected chi connectivity index (χ4v) is 2.79. The normalized spacial score (nSPS) is 19.9. The van der Waals surface area contributed by atoms with Crippen LogP contribution < -0.4 is 5.73 Å². The third kappa shape index (κ3) is 1.25. The van der Waals surface area contributed by atoms with Crippen molar-refractivity contribution < 1.29 is 5.11 Å². The number of phenolic OH excluding ortho intramolecular Hbond substituents is 1. The van der Waals surface area contributed by atoms with Gasteiger partial charge in [0.25, 0.3) is 0 Å². The maximum Gasteiger partial charge on any atom is 0.139 e. The minimum absolute atomic E-state index is 0.376. The van der Waals surface area contributed by atoms with Gasteiger partial charge in [-0.05, 0) is 25.0 Å². The molecule has 1 aromatic carbocycles. The number of aromatic nitrogens is 1. The van der Waals surface area contributed by atoms with Gasteiger partial charge in [0.2, 0.25) is 0 Å². The van der Waals surface area contributed by atoms with Crippen molar-refractivity contribution in [3.05, 3.63) is 30.0 Å². The molecule has 1 unspecified atom stereocenters. The molecular formula is C13H16N2O. The first-order valence-corrected chi connectivity index (χ1v) is 5.82. The fraction of sp³-hybridized carbons (Fsp3) is 0.385. The molecule has 0 aliphatic carbocycles. The number of para-hydroxylation sites is 1. The molecule has 0 fully saturated rings. The number of phenols is 1. The molecule has 2 aromatic rings. The van der Waals surface area contributed by atoms with Gasteiger partial charge in [-0.1, -0.05) is 12.1 Å². The van der Waals surface area contributed by atoms with E-state index in [-0.39, 0.29) is 0 Å². The first-order chi connectivity index (χ1) is 7.81. The van der Waals surface area contributed by atoms with Gasteiger partial charge in [0.15, 0.2) is 0 Å². The summed E-state index contributed by atoms with van der Waals surface area (Å²) in [5.41, 5.74) is 8.05. The molecule has 0 amide bonds. The molecule has 16 heavy (non-hydrogen) atoms. The second kappa shape index (κ2) is 3.52. The van der Waals surface area contributed by atoms with Gasteiger partial charge in [-0.2, -0.15) is 0 Å². The summed E-state index contributed by atoms with van der Waals surface area (Å²) in [5.74, 6) is 0.821. The van der Waals surface area contributed by atoms with E-state index in [1.54, 1.807) is 6.07 Å². The van der Waals surface area contributed by atoms with E-state index in [2.05, 4.69) is 10.6 Å². The summed E-state index contributed by atoms with van der Waals surface area (Å²) in [6.07, 6.45) is 2.31. The van der Waals surface area contributed by atoms with Crippen LogP contribution in [-0.4, -0.2) is 16.2 Å². The van der Waals surface area contributed by atoms with Gasteiger partial charge in [-0.15, -0.1) is 0 Å². The molecule has 2 heterocycles. The zero-order valence-corrected chi connectivity index (χ0v) is 9.19.